The third kappa shape index (κ3) is 12.2. The fourth-order valence-corrected chi connectivity index (χ4v) is 18.3. The van der Waals surface area contributed by atoms with Crippen LogP contribution >= 0.6 is 0 Å². The van der Waals surface area contributed by atoms with Crippen molar-refractivity contribution < 1.29 is 153 Å². The van der Waals surface area contributed by atoms with Crippen molar-refractivity contribution in [3.05, 3.63) is 11.6 Å². The van der Waals surface area contributed by atoms with E-state index in [4.69, 9.17) is 52.1 Å². The van der Waals surface area contributed by atoms with E-state index >= 15 is 0 Å². The average Bonchev–Trinajstić information content (AvgIpc) is 0.676. The molecule has 0 aromatic heterocycles. The second-order valence-corrected chi connectivity index (χ2v) is 29.5. The summed E-state index contributed by atoms with van der Waals surface area (Å²) in [5.41, 5.74) is -3.65. The number of aliphatic carboxylic acids is 1. The predicted molar refractivity (Wildman–Crippen MR) is 307 cm³/mol. The van der Waals surface area contributed by atoms with Crippen molar-refractivity contribution in [3.8, 4) is 0 Å². The van der Waals surface area contributed by atoms with Gasteiger partial charge in [0.15, 0.2) is 31.3 Å². The van der Waals surface area contributed by atoms with Crippen LogP contribution in [0.4, 0.5) is 0 Å². The zero-order valence-corrected chi connectivity index (χ0v) is 53.4. The topological polar surface area (TPSA) is 497 Å². The van der Waals surface area contributed by atoms with E-state index in [-0.39, 0.29) is 37.0 Å². The molecule has 5 saturated heterocycles. The number of hydrogen-bond donors (Lipinski definition) is 17. The lowest BCUT2D eigenvalue weighted by Crippen LogP contribution is -2.69. The third-order valence-electron chi connectivity index (χ3n) is 24.3. The van der Waals surface area contributed by atoms with E-state index in [1.54, 1.807) is 6.92 Å². The van der Waals surface area contributed by atoms with E-state index < -0.39 is 243 Å². The fraction of sp³-hybridized carbons (Fsp3) is 0.919. The molecule has 0 amide bonds. The van der Waals surface area contributed by atoms with Crippen LogP contribution in [-0.4, -0.2) is 297 Å². The van der Waals surface area contributed by atoms with Crippen LogP contribution in [0.2, 0.25) is 0 Å². The van der Waals surface area contributed by atoms with Crippen LogP contribution in [0.15, 0.2) is 11.6 Å². The Morgan fingerprint density at radius 3 is 1.63 bits per heavy atom. The number of ether oxygens (including phenoxy) is 11. The number of carbonyl (C=O) groups is 3. The highest BCUT2D eigenvalue weighted by atomic mass is 16.8. The van der Waals surface area contributed by atoms with Crippen molar-refractivity contribution in [2.24, 2.45) is 50.2 Å². The molecule has 5 aliphatic heterocycles. The van der Waals surface area contributed by atoms with Gasteiger partial charge in [0.1, 0.15) is 116 Å². The molecule has 5 aliphatic carbocycles. The number of carboxylic acids is 1. The van der Waals surface area contributed by atoms with Crippen LogP contribution in [0.25, 0.3) is 0 Å². The molecule has 10 aliphatic rings. The lowest BCUT2D eigenvalue weighted by atomic mass is 9.33. The molecular weight excluding hydrogens is 1240 g/mol. The molecule has 10 rings (SSSR count). The van der Waals surface area contributed by atoms with Gasteiger partial charge in [-0.25, -0.2) is 4.79 Å². The SMILES string of the molecule is CC(=O)O[C@@H]1C[C@](C)(C(=O)O[C@@H]2O[C@H](CO)[C@@H](O)[C@H](O)[C@H]2O)C[C@H]2C3=CC[C@@H]4[C@@]5(C)CC[C@H](O[C@@H]6O[C@H](C(=O)O)[C@@H](O)[C@H](O)[C@H]6O[C@@H]6O[C@H](CO)[C@H](O)[C@H](O[C@@H]7O[C@H](CO)[C@H](O)[C@H](O)[C@H]7O)[C@H]6O[C@@H]6O[C@@H](C)[C@H](O)[C@@H](O)[C@H]6O)[C@](C)(CO)[C@@H]5CC[C@@]4(C)[C@]3(C)CC[C@@]12C. The van der Waals surface area contributed by atoms with Gasteiger partial charge in [0.05, 0.1) is 44.1 Å². The molecular formula is C62H98O31. The number of esters is 2. The number of allylic oxidation sites excluding steroid dienone is 2. The summed E-state index contributed by atoms with van der Waals surface area (Å²) in [5, 5.41) is 185. The molecule has 31 heteroatoms. The second kappa shape index (κ2) is 27.0. The van der Waals surface area contributed by atoms with Crippen molar-refractivity contribution in [2.75, 3.05) is 26.4 Å². The highest BCUT2D eigenvalue weighted by molar-refractivity contribution is 5.77. The van der Waals surface area contributed by atoms with Crippen LogP contribution in [0.1, 0.15) is 113 Å². The molecule has 0 radical (unpaired) electrons. The second-order valence-electron chi connectivity index (χ2n) is 29.5. The van der Waals surface area contributed by atoms with Crippen molar-refractivity contribution in [1.29, 1.82) is 0 Å². The smallest absolute Gasteiger partial charge is 0.335 e. The number of rotatable bonds is 16. The van der Waals surface area contributed by atoms with Crippen molar-refractivity contribution in [2.45, 2.75) is 279 Å². The number of carboxylic acid groups (broad SMARTS) is 1. The normalized spacial score (nSPS) is 54.0. The molecule has 0 unspecified atom stereocenters. The molecule has 31 nitrogen and oxygen atoms in total. The van der Waals surface area contributed by atoms with Gasteiger partial charge in [0, 0.05) is 24.2 Å². The van der Waals surface area contributed by atoms with Crippen LogP contribution in [0, 0.1) is 50.2 Å². The van der Waals surface area contributed by atoms with Gasteiger partial charge < -0.3 is 139 Å². The minimum Gasteiger partial charge on any atom is -0.479 e. The highest BCUT2D eigenvalue weighted by Crippen LogP contribution is 2.76. The monoisotopic (exact) mass is 1340 g/mol. The molecule has 0 aromatic rings. The summed E-state index contributed by atoms with van der Waals surface area (Å²) in [6, 6.07) is 0. The Balaban J connectivity index is 0.943. The van der Waals surface area contributed by atoms with Gasteiger partial charge in [0.25, 0.3) is 0 Å². The maximum Gasteiger partial charge on any atom is 0.335 e. The Kier molecular flexibility index (Phi) is 21.2. The van der Waals surface area contributed by atoms with Crippen LogP contribution in [-0.2, 0) is 66.5 Å². The number of aliphatic hydroxyl groups excluding tert-OH is 16. The van der Waals surface area contributed by atoms with Crippen molar-refractivity contribution in [3.63, 3.8) is 0 Å². The Labute approximate surface area is 536 Å². The molecule has 5 heterocycles. The van der Waals surface area contributed by atoms with E-state index in [0.29, 0.717) is 38.5 Å². The quantitative estimate of drug-likeness (QED) is 0.0393. The minimum atomic E-state index is -2.25. The Morgan fingerprint density at radius 2 is 1.04 bits per heavy atom. The van der Waals surface area contributed by atoms with Gasteiger partial charge in [-0.15, -0.1) is 0 Å². The van der Waals surface area contributed by atoms with Gasteiger partial charge in [-0.1, -0.05) is 46.3 Å². The minimum absolute atomic E-state index is 0.0533. The van der Waals surface area contributed by atoms with Gasteiger partial charge in [-0.2, -0.15) is 0 Å². The maximum atomic E-state index is 14.6. The Bertz CT molecular complexity index is 2690. The molecule has 36 atom stereocenters. The number of hydrogen-bond acceptors (Lipinski definition) is 30. The summed E-state index contributed by atoms with van der Waals surface area (Å²) in [7, 11) is 0. The largest absolute Gasteiger partial charge is 0.479 e. The zero-order valence-electron chi connectivity index (χ0n) is 53.4. The lowest BCUT2D eigenvalue weighted by molar-refractivity contribution is -0.410. The predicted octanol–water partition coefficient (Wildman–Crippen LogP) is -4.58. The highest BCUT2D eigenvalue weighted by Gasteiger charge is 2.71. The van der Waals surface area contributed by atoms with Crippen LogP contribution < -0.4 is 0 Å². The fourth-order valence-electron chi connectivity index (χ4n) is 18.3. The maximum absolute atomic E-state index is 14.6. The summed E-state index contributed by atoms with van der Waals surface area (Å²) >= 11 is 0. The van der Waals surface area contributed by atoms with Crippen molar-refractivity contribution >= 4 is 17.9 Å². The third-order valence-corrected chi connectivity index (χ3v) is 24.3. The van der Waals surface area contributed by atoms with Crippen LogP contribution in [0.3, 0.4) is 0 Å². The molecule has 0 spiro atoms. The molecule has 9 fully saturated rings. The van der Waals surface area contributed by atoms with Gasteiger partial charge in [-0.05, 0) is 99.2 Å². The molecule has 93 heavy (non-hydrogen) atoms. The van der Waals surface area contributed by atoms with E-state index in [9.17, 15) is 101 Å². The first kappa shape index (κ1) is 72.9. The van der Waals surface area contributed by atoms with E-state index in [1.807, 2.05) is 6.92 Å². The molecule has 0 aromatic carbocycles. The number of fused-ring (bicyclic) bond motifs is 7. The van der Waals surface area contributed by atoms with Gasteiger partial charge >= 0.3 is 17.9 Å². The summed E-state index contributed by atoms with van der Waals surface area (Å²) in [4.78, 5) is 40.4. The summed E-state index contributed by atoms with van der Waals surface area (Å²) in [6.45, 7) is 11.8. The number of aliphatic hydroxyl groups is 16. The standard InChI is InChI=1S/C62H98O31/c1-23-34(68)38(72)43(77)51(83-23)92-49-46(89-52-44(78)39(73)35(69)27(19-63)85-52)37(71)29(21-65)87-55(49)91-48-42(76)41(75)47(50(80)81)90-54(48)88-32-12-13-59(5)30(60(32,6)22-66)11-14-62(8)31(59)10-9-25-26-17-57(3,18-33(84-24(2)67)58(26,4)15-16-61(25,62)7)56(82)93-53-45(79)40(74)36(70)28(20-64)86-53/h9,23,26-49,51-55,63-66,68-79H,10-22H2,1-8H3,(H,80,81)/t23-,26-,27+,28+,29+,30+,31+,32-,33+,34-,35-,36+,37-,38+,39-,40-,41-,42-,43+,44+,45+,46-,47-,48+,49+,51-,52-,53-,54+,55-,57+,58+,59-,60+,61+,62+/m0/s1. The van der Waals surface area contributed by atoms with Crippen molar-refractivity contribution in [1.82, 2.24) is 0 Å². The van der Waals surface area contributed by atoms with Crippen LogP contribution in [0.5, 0.6) is 0 Å². The summed E-state index contributed by atoms with van der Waals surface area (Å²) in [5.74, 6) is -3.83. The first-order valence-corrected chi connectivity index (χ1v) is 32.4. The molecule has 0 bridgehead atoms. The molecule has 17 N–H and O–H groups in total. The first-order chi connectivity index (χ1) is 43.5. The Hall–Kier alpha value is -2.85. The summed E-state index contributed by atoms with van der Waals surface area (Å²) in [6.07, 6.45) is -43.0. The average molecular weight is 1340 g/mol. The molecule has 532 valence electrons. The van der Waals surface area contributed by atoms with Gasteiger partial charge in [-0.3, -0.25) is 9.59 Å². The first-order valence-electron chi connectivity index (χ1n) is 32.4. The molecule has 4 saturated carbocycles. The summed E-state index contributed by atoms with van der Waals surface area (Å²) < 4.78 is 66.5. The van der Waals surface area contributed by atoms with Gasteiger partial charge in [0.2, 0.25) is 6.29 Å². The van der Waals surface area contributed by atoms with E-state index in [1.165, 1.54) is 13.8 Å². The van der Waals surface area contributed by atoms with E-state index in [0.717, 1.165) is 5.57 Å². The van der Waals surface area contributed by atoms with E-state index in [2.05, 4.69) is 33.8 Å². The lowest BCUT2D eigenvalue weighted by Gasteiger charge is -2.72. The number of carbonyl (C=O) groups excluding carboxylic acids is 2. The zero-order chi connectivity index (χ0) is 68.3. The Morgan fingerprint density at radius 1 is 0.505 bits per heavy atom.